The van der Waals surface area contributed by atoms with E-state index in [4.69, 9.17) is 0 Å². The molecule has 5 atom stereocenters. The Labute approximate surface area is 198 Å². The third kappa shape index (κ3) is 4.34. The molecule has 0 saturated carbocycles. The quantitative estimate of drug-likeness (QED) is 0.516. The van der Waals surface area contributed by atoms with E-state index in [9.17, 15) is 29.5 Å². The molecule has 3 rings (SSSR count). The summed E-state index contributed by atoms with van der Waals surface area (Å²) in [7, 11) is 0. The SMILES string of the molecule is CC1NC(C)C(CCC#N)(C(=O)O)C(c2cccc(F)c2)C1(CC=Cc1ccccc1)C(=O)O. The van der Waals surface area contributed by atoms with Gasteiger partial charge >= 0.3 is 11.9 Å². The van der Waals surface area contributed by atoms with E-state index in [1.807, 2.05) is 36.4 Å². The van der Waals surface area contributed by atoms with Crippen molar-refractivity contribution in [2.24, 2.45) is 10.8 Å². The Balaban J connectivity index is 2.26. The van der Waals surface area contributed by atoms with E-state index < -0.39 is 46.6 Å². The van der Waals surface area contributed by atoms with Crippen LogP contribution in [0.3, 0.4) is 0 Å². The van der Waals surface area contributed by atoms with Gasteiger partial charge in [0.25, 0.3) is 0 Å². The summed E-state index contributed by atoms with van der Waals surface area (Å²) >= 11 is 0. The number of halogens is 1. The van der Waals surface area contributed by atoms with Gasteiger partial charge in [0.1, 0.15) is 5.82 Å². The largest absolute Gasteiger partial charge is 0.481 e. The highest BCUT2D eigenvalue weighted by molar-refractivity contribution is 5.84. The maximum absolute atomic E-state index is 14.4. The number of nitriles is 1. The monoisotopic (exact) mass is 464 g/mol. The Hall–Kier alpha value is -3.50. The van der Waals surface area contributed by atoms with Gasteiger partial charge in [-0.15, -0.1) is 0 Å². The molecule has 1 fully saturated rings. The molecule has 34 heavy (non-hydrogen) atoms. The zero-order valence-electron chi connectivity index (χ0n) is 19.2. The summed E-state index contributed by atoms with van der Waals surface area (Å²) in [5, 5.41) is 33.7. The molecule has 0 bridgehead atoms. The van der Waals surface area contributed by atoms with Crippen LogP contribution >= 0.6 is 0 Å². The second-order valence-electron chi connectivity index (χ2n) is 8.96. The molecule has 1 saturated heterocycles. The van der Waals surface area contributed by atoms with Crippen LogP contribution in [0.2, 0.25) is 0 Å². The van der Waals surface area contributed by atoms with Gasteiger partial charge in [-0.3, -0.25) is 9.59 Å². The van der Waals surface area contributed by atoms with Crippen LogP contribution in [-0.4, -0.2) is 34.2 Å². The van der Waals surface area contributed by atoms with Gasteiger partial charge in [-0.25, -0.2) is 4.39 Å². The standard InChI is InChI=1S/C27H29FN2O4/c1-18-26(24(31)32,14-7-11-20-9-4-3-5-10-20)23(21-12-6-13-22(28)17-21)27(25(33)34,15-8-16-29)19(2)30-18/h3-7,9-13,17-19,23,30H,8,14-15H2,1-2H3,(H,31,32)(H,33,34). The highest BCUT2D eigenvalue weighted by atomic mass is 19.1. The van der Waals surface area contributed by atoms with Gasteiger partial charge in [0.15, 0.2) is 0 Å². The number of allylic oxidation sites excluding steroid dienone is 1. The highest BCUT2D eigenvalue weighted by Crippen LogP contribution is 2.59. The Morgan fingerprint density at radius 2 is 1.71 bits per heavy atom. The summed E-state index contributed by atoms with van der Waals surface area (Å²) in [5.41, 5.74) is -2.07. The van der Waals surface area contributed by atoms with Crippen LogP contribution in [0.1, 0.15) is 50.2 Å². The van der Waals surface area contributed by atoms with E-state index in [2.05, 4.69) is 5.32 Å². The van der Waals surface area contributed by atoms with Gasteiger partial charge in [-0.2, -0.15) is 5.26 Å². The van der Waals surface area contributed by atoms with E-state index in [0.29, 0.717) is 5.56 Å². The van der Waals surface area contributed by atoms with E-state index in [-0.39, 0.29) is 19.3 Å². The zero-order valence-corrected chi connectivity index (χ0v) is 19.2. The first-order valence-electron chi connectivity index (χ1n) is 11.3. The maximum Gasteiger partial charge on any atom is 0.312 e. The first-order valence-corrected chi connectivity index (χ1v) is 11.3. The lowest BCUT2D eigenvalue weighted by atomic mass is 9.49. The van der Waals surface area contributed by atoms with Gasteiger partial charge in [0.2, 0.25) is 0 Å². The van der Waals surface area contributed by atoms with Crippen LogP contribution in [-0.2, 0) is 9.59 Å². The van der Waals surface area contributed by atoms with Crippen molar-refractivity contribution in [3.63, 3.8) is 0 Å². The summed E-state index contributed by atoms with van der Waals surface area (Å²) < 4.78 is 14.4. The fraction of sp³-hybridized carbons (Fsp3) is 0.370. The molecule has 178 valence electrons. The molecule has 0 radical (unpaired) electrons. The number of nitrogens with zero attached hydrogens (tertiary/aromatic N) is 1. The number of aliphatic carboxylic acids is 2. The second kappa shape index (κ2) is 10.2. The Bertz CT molecular complexity index is 1110. The highest BCUT2D eigenvalue weighted by Gasteiger charge is 2.66. The molecule has 1 aliphatic heterocycles. The van der Waals surface area contributed by atoms with E-state index in [1.54, 1.807) is 32.1 Å². The van der Waals surface area contributed by atoms with Crippen LogP contribution in [0.4, 0.5) is 4.39 Å². The van der Waals surface area contributed by atoms with Gasteiger partial charge < -0.3 is 15.5 Å². The summed E-state index contributed by atoms with van der Waals surface area (Å²) in [6, 6.07) is 15.6. The molecule has 6 nitrogen and oxygen atoms in total. The molecule has 2 aromatic carbocycles. The maximum atomic E-state index is 14.4. The van der Waals surface area contributed by atoms with Crippen molar-refractivity contribution in [2.75, 3.05) is 0 Å². The number of rotatable bonds is 8. The predicted molar refractivity (Wildman–Crippen MR) is 126 cm³/mol. The summed E-state index contributed by atoms with van der Waals surface area (Å²) in [4.78, 5) is 26.0. The molecular weight excluding hydrogens is 435 g/mol. The average Bonchev–Trinajstić information content (AvgIpc) is 2.80. The van der Waals surface area contributed by atoms with Gasteiger partial charge in [0, 0.05) is 24.4 Å². The number of hydrogen-bond acceptors (Lipinski definition) is 4. The molecule has 2 aromatic rings. The molecule has 0 aromatic heterocycles. The topological polar surface area (TPSA) is 110 Å². The smallest absolute Gasteiger partial charge is 0.312 e. The first-order chi connectivity index (χ1) is 16.2. The zero-order chi connectivity index (χ0) is 24.9. The van der Waals surface area contributed by atoms with Crippen LogP contribution in [0.5, 0.6) is 0 Å². The minimum atomic E-state index is -1.64. The van der Waals surface area contributed by atoms with Crippen molar-refractivity contribution in [1.82, 2.24) is 5.32 Å². The third-order valence-electron chi connectivity index (χ3n) is 7.27. The predicted octanol–water partition coefficient (Wildman–Crippen LogP) is 4.84. The van der Waals surface area contributed by atoms with Crippen LogP contribution in [0.25, 0.3) is 6.08 Å². The van der Waals surface area contributed by atoms with Crippen molar-refractivity contribution in [3.8, 4) is 6.07 Å². The van der Waals surface area contributed by atoms with E-state index in [1.165, 1.54) is 18.2 Å². The van der Waals surface area contributed by atoms with Gasteiger partial charge in [0.05, 0.1) is 16.9 Å². The van der Waals surface area contributed by atoms with Crippen molar-refractivity contribution in [1.29, 1.82) is 5.26 Å². The van der Waals surface area contributed by atoms with E-state index >= 15 is 0 Å². The van der Waals surface area contributed by atoms with Crippen molar-refractivity contribution in [2.45, 2.75) is 51.1 Å². The van der Waals surface area contributed by atoms with Crippen LogP contribution in [0.15, 0.2) is 60.7 Å². The van der Waals surface area contributed by atoms with Crippen molar-refractivity contribution < 1.29 is 24.2 Å². The first kappa shape index (κ1) is 25.1. The number of hydrogen-bond donors (Lipinski definition) is 3. The van der Waals surface area contributed by atoms with Crippen molar-refractivity contribution in [3.05, 3.63) is 77.6 Å². The molecule has 0 aliphatic carbocycles. The molecule has 0 spiro atoms. The Kier molecular flexibility index (Phi) is 7.53. The van der Waals surface area contributed by atoms with E-state index in [0.717, 1.165) is 5.56 Å². The minimum Gasteiger partial charge on any atom is -0.481 e. The molecule has 7 heteroatoms. The lowest BCUT2D eigenvalue weighted by Gasteiger charge is -2.57. The van der Waals surface area contributed by atoms with Gasteiger partial charge in [-0.1, -0.05) is 54.6 Å². The minimum absolute atomic E-state index is 0.0148. The summed E-state index contributed by atoms with van der Waals surface area (Å²) in [5.74, 6) is -4.05. The van der Waals surface area contributed by atoms with Crippen LogP contribution < -0.4 is 5.32 Å². The number of benzene rings is 2. The fourth-order valence-electron chi connectivity index (χ4n) is 5.60. The average molecular weight is 465 g/mol. The molecule has 3 N–H and O–H groups in total. The molecule has 5 unspecified atom stereocenters. The fourth-order valence-corrected chi connectivity index (χ4v) is 5.60. The number of carbonyl (C=O) groups is 2. The number of carboxylic acid groups (broad SMARTS) is 2. The molecular formula is C27H29FN2O4. The summed E-state index contributed by atoms with van der Waals surface area (Å²) in [6.07, 6.45) is 3.41. The molecule has 1 aliphatic rings. The normalized spacial score (nSPS) is 28.9. The number of nitrogens with one attached hydrogen (secondary N) is 1. The number of carboxylic acids is 2. The Morgan fingerprint density at radius 3 is 2.29 bits per heavy atom. The van der Waals surface area contributed by atoms with Crippen molar-refractivity contribution >= 4 is 18.0 Å². The Morgan fingerprint density at radius 1 is 1.06 bits per heavy atom. The second-order valence-corrected chi connectivity index (χ2v) is 8.96. The lowest BCUT2D eigenvalue weighted by molar-refractivity contribution is -0.172. The van der Waals surface area contributed by atoms with Crippen LogP contribution in [0, 0.1) is 28.0 Å². The number of piperidine rings is 1. The van der Waals surface area contributed by atoms with Gasteiger partial charge in [-0.05, 0) is 49.9 Å². The molecule has 1 heterocycles. The third-order valence-corrected chi connectivity index (χ3v) is 7.27. The lowest BCUT2D eigenvalue weighted by Crippen LogP contribution is -2.69. The molecule has 0 amide bonds. The summed E-state index contributed by atoms with van der Waals surface area (Å²) in [6.45, 7) is 3.42.